The van der Waals surface area contributed by atoms with Gasteiger partial charge in [-0.2, -0.15) is 5.10 Å². The van der Waals surface area contributed by atoms with Gasteiger partial charge in [0, 0.05) is 17.9 Å². The highest BCUT2D eigenvalue weighted by Gasteiger charge is 2.65. The molecule has 0 aromatic carbocycles. The topological polar surface area (TPSA) is 53.5 Å². The summed E-state index contributed by atoms with van der Waals surface area (Å²) in [4.78, 5) is 12.5. The average molecular weight is 279 g/mol. The Kier molecular flexibility index (Phi) is 3.51. The van der Waals surface area contributed by atoms with Crippen LogP contribution in [-0.2, 0) is 4.79 Å². The minimum atomic E-state index is -0.270. The molecule has 0 aromatic rings. The minimum absolute atomic E-state index is 0.0131. The van der Waals surface area contributed by atoms with Crippen LogP contribution < -0.4 is 10.7 Å². The standard InChI is InChI=1S/C14H21N3OS/c1-5-8-15-12(19)17-16-10-9-6-7-14(4,11(10)18)13(9,2)3/h5,9H,1,6-8H2,2-4H3,(H2,15,17,19)/b16-10+/t9-,14+/m0/s1. The van der Waals surface area contributed by atoms with E-state index < -0.39 is 0 Å². The van der Waals surface area contributed by atoms with E-state index in [0.717, 1.165) is 12.8 Å². The number of ketones is 1. The molecule has 19 heavy (non-hydrogen) atoms. The minimum Gasteiger partial charge on any atom is -0.358 e. The van der Waals surface area contributed by atoms with Gasteiger partial charge in [0.2, 0.25) is 0 Å². The highest BCUT2D eigenvalue weighted by atomic mass is 32.1. The van der Waals surface area contributed by atoms with Crippen LogP contribution in [0.2, 0.25) is 0 Å². The van der Waals surface area contributed by atoms with Crippen LogP contribution in [0, 0.1) is 16.7 Å². The molecule has 2 rings (SSSR count). The number of hydrogen-bond donors (Lipinski definition) is 2. The third-order valence-corrected chi connectivity index (χ3v) is 5.21. The molecule has 2 atom stereocenters. The van der Waals surface area contributed by atoms with E-state index in [1.165, 1.54) is 0 Å². The number of carbonyl (C=O) groups is 1. The van der Waals surface area contributed by atoms with Gasteiger partial charge < -0.3 is 5.32 Å². The summed E-state index contributed by atoms with van der Waals surface area (Å²) in [5, 5.41) is 7.61. The lowest BCUT2D eigenvalue weighted by Crippen LogP contribution is -2.36. The Labute approximate surface area is 119 Å². The molecule has 0 saturated heterocycles. The molecular formula is C14H21N3OS. The van der Waals surface area contributed by atoms with Crippen LogP contribution in [0.1, 0.15) is 33.6 Å². The van der Waals surface area contributed by atoms with E-state index in [4.69, 9.17) is 12.2 Å². The van der Waals surface area contributed by atoms with Crippen molar-refractivity contribution in [3.8, 4) is 0 Å². The molecule has 2 aliphatic rings. The Hall–Kier alpha value is -1.23. The first kappa shape index (κ1) is 14.2. The van der Waals surface area contributed by atoms with Crippen molar-refractivity contribution in [1.82, 2.24) is 10.7 Å². The Morgan fingerprint density at radius 3 is 2.79 bits per heavy atom. The predicted molar refractivity (Wildman–Crippen MR) is 81.0 cm³/mol. The van der Waals surface area contributed by atoms with Crippen LogP contribution in [0.5, 0.6) is 0 Å². The maximum Gasteiger partial charge on any atom is 0.187 e. The van der Waals surface area contributed by atoms with E-state index in [0.29, 0.717) is 17.4 Å². The number of hydrazone groups is 1. The maximum absolute atomic E-state index is 12.5. The molecule has 0 heterocycles. The van der Waals surface area contributed by atoms with Gasteiger partial charge in [-0.05, 0) is 30.5 Å². The molecule has 0 aliphatic heterocycles. The average Bonchev–Trinajstić information content (AvgIpc) is 2.66. The van der Waals surface area contributed by atoms with E-state index in [1.54, 1.807) is 6.08 Å². The molecule has 0 radical (unpaired) electrons. The summed E-state index contributed by atoms with van der Waals surface area (Å²) in [7, 11) is 0. The number of fused-ring (bicyclic) bond motifs is 2. The summed E-state index contributed by atoms with van der Waals surface area (Å²) in [5.41, 5.74) is 3.14. The smallest absolute Gasteiger partial charge is 0.187 e. The monoisotopic (exact) mass is 279 g/mol. The summed E-state index contributed by atoms with van der Waals surface area (Å²) < 4.78 is 0. The lowest BCUT2D eigenvalue weighted by atomic mass is 9.70. The first-order valence-electron chi connectivity index (χ1n) is 6.61. The number of carbonyl (C=O) groups excluding carboxylic acids is 1. The van der Waals surface area contributed by atoms with Crippen LogP contribution in [0.4, 0.5) is 0 Å². The third-order valence-electron chi connectivity index (χ3n) is 4.98. The number of Topliss-reactive ketones (excluding diaryl/α,β-unsaturated/α-hetero) is 1. The highest BCUT2D eigenvalue weighted by molar-refractivity contribution is 7.80. The SMILES string of the molecule is C=CCNC(=S)N/N=C1/C(=O)[C@@]2(C)CC[C@@H]1C2(C)C. The van der Waals surface area contributed by atoms with Gasteiger partial charge in [0.25, 0.3) is 0 Å². The summed E-state index contributed by atoms with van der Waals surface area (Å²) in [6.45, 7) is 10.6. The van der Waals surface area contributed by atoms with E-state index in [-0.39, 0.29) is 22.5 Å². The molecule has 0 unspecified atom stereocenters. The summed E-state index contributed by atoms with van der Waals surface area (Å²) in [5.74, 6) is 0.410. The van der Waals surface area contributed by atoms with Crippen molar-refractivity contribution >= 4 is 28.8 Å². The quantitative estimate of drug-likeness (QED) is 0.471. The molecular weight excluding hydrogens is 258 g/mol. The lowest BCUT2D eigenvalue weighted by Gasteiger charge is -2.31. The van der Waals surface area contributed by atoms with Gasteiger partial charge in [0.15, 0.2) is 10.9 Å². The Bertz CT molecular complexity index is 469. The lowest BCUT2D eigenvalue weighted by molar-refractivity contribution is -0.123. The molecule has 5 heteroatoms. The van der Waals surface area contributed by atoms with Gasteiger partial charge in [-0.1, -0.05) is 26.8 Å². The van der Waals surface area contributed by atoms with Crippen LogP contribution in [0.25, 0.3) is 0 Å². The maximum atomic E-state index is 12.5. The predicted octanol–water partition coefficient (Wildman–Crippen LogP) is 2.02. The molecule has 4 nitrogen and oxygen atoms in total. The van der Waals surface area contributed by atoms with E-state index in [2.05, 4.69) is 43.2 Å². The molecule has 2 fully saturated rings. The normalized spacial score (nSPS) is 33.5. The number of nitrogens with one attached hydrogen (secondary N) is 2. The first-order valence-corrected chi connectivity index (χ1v) is 7.02. The van der Waals surface area contributed by atoms with Crippen LogP contribution in [0.15, 0.2) is 17.8 Å². The van der Waals surface area contributed by atoms with Gasteiger partial charge in [0.1, 0.15) is 5.71 Å². The number of thiocarbonyl (C=S) groups is 1. The molecule has 0 amide bonds. The van der Waals surface area contributed by atoms with Crippen molar-refractivity contribution in [2.75, 3.05) is 6.54 Å². The van der Waals surface area contributed by atoms with Crippen molar-refractivity contribution in [3.05, 3.63) is 12.7 Å². The molecule has 2 N–H and O–H groups in total. The molecule has 2 aliphatic carbocycles. The van der Waals surface area contributed by atoms with Gasteiger partial charge in [-0.25, -0.2) is 0 Å². The molecule has 2 saturated carbocycles. The van der Waals surface area contributed by atoms with Gasteiger partial charge in [-0.15, -0.1) is 6.58 Å². The first-order chi connectivity index (χ1) is 8.84. The zero-order valence-electron chi connectivity index (χ0n) is 11.7. The summed E-state index contributed by atoms with van der Waals surface area (Å²) in [6.07, 6.45) is 3.71. The number of rotatable bonds is 3. The van der Waals surface area contributed by atoms with Crippen molar-refractivity contribution in [1.29, 1.82) is 0 Å². The molecule has 104 valence electrons. The largest absolute Gasteiger partial charge is 0.358 e. The van der Waals surface area contributed by atoms with E-state index in [1.807, 2.05) is 0 Å². The fraction of sp³-hybridized carbons (Fsp3) is 0.643. The second kappa shape index (κ2) is 4.71. The summed E-state index contributed by atoms with van der Waals surface area (Å²) >= 11 is 5.08. The molecule has 2 bridgehead atoms. The number of nitrogens with zero attached hydrogens (tertiary/aromatic N) is 1. The van der Waals surface area contributed by atoms with Crippen molar-refractivity contribution < 1.29 is 4.79 Å². The van der Waals surface area contributed by atoms with Crippen LogP contribution in [-0.4, -0.2) is 23.2 Å². The Morgan fingerprint density at radius 1 is 1.58 bits per heavy atom. The van der Waals surface area contributed by atoms with Crippen LogP contribution in [0.3, 0.4) is 0 Å². The van der Waals surface area contributed by atoms with Gasteiger partial charge in [0.05, 0.1) is 0 Å². The third kappa shape index (κ3) is 2.00. The van der Waals surface area contributed by atoms with E-state index >= 15 is 0 Å². The zero-order valence-corrected chi connectivity index (χ0v) is 12.6. The molecule has 0 spiro atoms. The zero-order chi connectivity index (χ0) is 14.3. The fourth-order valence-corrected chi connectivity index (χ4v) is 3.40. The van der Waals surface area contributed by atoms with Gasteiger partial charge in [-0.3, -0.25) is 10.2 Å². The summed E-state index contributed by atoms with van der Waals surface area (Å²) in [6, 6.07) is 0. The number of hydrogen-bond acceptors (Lipinski definition) is 3. The molecule has 0 aromatic heterocycles. The van der Waals surface area contributed by atoms with Crippen molar-refractivity contribution in [3.63, 3.8) is 0 Å². The highest BCUT2D eigenvalue weighted by Crippen LogP contribution is 2.62. The van der Waals surface area contributed by atoms with Crippen LogP contribution >= 0.6 is 12.2 Å². The van der Waals surface area contributed by atoms with Crippen molar-refractivity contribution in [2.24, 2.45) is 21.8 Å². The second-order valence-electron chi connectivity index (χ2n) is 6.08. The second-order valence-corrected chi connectivity index (χ2v) is 6.49. The van der Waals surface area contributed by atoms with Gasteiger partial charge >= 0.3 is 0 Å². The Balaban J connectivity index is 2.13. The fourth-order valence-electron chi connectivity index (χ4n) is 3.27. The van der Waals surface area contributed by atoms with Crippen molar-refractivity contribution in [2.45, 2.75) is 33.6 Å². The Morgan fingerprint density at radius 2 is 2.26 bits per heavy atom. The van der Waals surface area contributed by atoms with E-state index in [9.17, 15) is 4.79 Å².